The van der Waals surface area contributed by atoms with E-state index >= 15 is 0 Å². The van der Waals surface area contributed by atoms with E-state index in [1.807, 2.05) is 31.2 Å². The van der Waals surface area contributed by atoms with Gasteiger partial charge in [0.1, 0.15) is 10.6 Å². The first-order valence-electron chi connectivity index (χ1n) is 10.1. The third-order valence-electron chi connectivity index (χ3n) is 5.39. The summed E-state index contributed by atoms with van der Waals surface area (Å²) in [6.07, 6.45) is 3.35. The molecule has 1 N–H and O–H groups in total. The summed E-state index contributed by atoms with van der Waals surface area (Å²) in [7, 11) is -2.32. The van der Waals surface area contributed by atoms with E-state index < -0.39 is 10.0 Å². The van der Waals surface area contributed by atoms with Crippen molar-refractivity contribution in [3.05, 3.63) is 58.1 Å². The highest BCUT2D eigenvalue weighted by Gasteiger charge is 2.33. The summed E-state index contributed by atoms with van der Waals surface area (Å²) in [5, 5.41) is 2.87. The number of carbonyl (C=O) groups is 1. The van der Waals surface area contributed by atoms with E-state index in [2.05, 4.69) is 21.2 Å². The van der Waals surface area contributed by atoms with Crippen molar-refractivity contribution in [2.24, 2.45) is 0 Å². The van der Waals surface area contributed by atoms with E-state index in [0.717, 1.165) is 29.3 Å². The third kappa shape index (κ3) is 5.04. The van der Waals surface area contributed by atoms with Crippen LogP contribution in [0.3, 0.4) is 0 Å². The number of nitrogens with zero attached hydrogens (tertiary/aromatic N) is 1. The average molecular weight is 495 g/mol. The second-order valence-corrected chi connectivity index (χ2v) is 10.1. The lowest BCUT2D eigenvalue weighted by molar-refractivity contribution is 0.0954. The summed E-state index contributed by atoms with van der Waals surface area (Å²) in [6.45, 7) is 2.84. The van der Waals surface area contributed by atoms with Crippen molar-refractivity contribution in [1.82, 2.24) is 9.62 Å². The zero-order valence-corrected chi connectivity index (χ0v) is 19.6. The van der Waals surface area contributed by atoms with E-state index in [9.17, 15) is 13.2 Å². The van der Waals surface area contributed by atoms with Gasteiger partial charge in [-0.25, -0.2) is 8.42 Å². The van der Waals surface area contributed by atoms with Gasteiger partial charge in [0.2, 0.25) is 10.0 Å². The maximum atomic E-state index is 13.3. The molecule has 2 aromatic rings. The lowest BCUT2D eigenvalue weighted by atomic mass is 10.1. The normalized spacial score (nSPS) is 17.5. The first-order valence-corrected chi connectivity index (χ1v) is 12.3. The smallest absolute Gasteiger partial charge is 0.251 e. The number of hydrogen-bond acceptors (Lipinski definition) is 4. The van der Waals surface area contributed by atoms with Crippen LogP contribution in [0.4, 0.5) is 0 Å². The van der Waals surface area contributed by atoms with Crippen molar-refractivity contribution < 1.29 is 17.9 Å². The number of nitrogens with one attached hydrogen (secondary N) is 1. The summed E-state index contributed by atoms with van der Waals surface area (Å²) in [4.78, 5) is 12.7. The Bertz CT molecular complexity index is 1010. The van der Waals surface area contributed by atoms with Crippen LogP contribution in [0.15, 0.2) is 51.8 Å². The molecule has 0 aliphatic carbocycles. The SMILES string of the molecule is COc1ccc(C(=O)NCCc2ccccc2Br)cc1S(=O)(=O)N1CCCCC1C. The second-order valence-electron chi connectivity index (χ2n) is 7.42. The molecule has 1 amide bonds. The molecule has 2 aromatic carbocycles. The number of sulfonamides is 1. The minimum absolute atomic E-state index is 0.0391. The molecule has 1 saturated heterocycles. The molecule has 1 fully saturated rings. The molecule has 8 heteroatoms. The van der Waals surface area contributed by atoms with Crippen LogP contribution in [0.2, 0.25) is 0 Å². The molecule has 3 rings (SSSR count). The fourth-order valence-electron chi connectivity index (χ4n) is 3.69. The van der Waals surface area contributed by atoms with Gasteiger partial charge in [0.15, 0.2) is 0 Å². The Morgan fingerprint density at radius 1 is 1.23 bits per heavy atom. The predicted octanol–water partition coefficient (Wildman–Crippen LogP) is 3.99. The summed E-state index contributed by atoms with van der Waals surface area (Å²) in [5.74, 6) is -0.0645. The highest BCUT2D eigenvalue weighted by Crippen LogP contribution is 2.31. The van der Waals surface area contributed by atoms with Crippen molar-refractivity contribution in [3.8, 4) is 5.75 Å². The maximum Gasteiger partial charge on any atom is 0.251 e. The largest absolute Gasteiger partial charge is 0.495 e. The average Bonchev–Trinajstić information content (AvgIpc) is 2.74. The molecule has 162 valence electrons. The van der Waals surface area contributed by atoms with Crippen LogP contribution in [0, 0.1) is 0 Å². The number of carbonyl (C=O) groups excluding carboxylic acids is 1. The van der Waals surface area contributed by atoms with Gasteiger partial charge in [0, 0.05) is 29.2 Å². The Balaban J connectivity index is 1.78. The summed E-state index contributed by atoms with van der Waals surface area (Å²) in [6, 6.07) is 12.3. The Labute approximate surface area is 186 Å². The van der Waals surface area contributed by atoms with Gasteiger partial charge in [-0.1, -0.05) is 40.5 Å². The molecular weight excluding hydrogens is 468 g/mol. The number of piperidine rings is 1. The van der Waals surface area contributed by atoms with Gasteiger partial charge in [0.05, 0.1) is 7.11 Å². The van der Waals surface area contributed by atoms with Crippen molar-refractivity contribution in [3.63, 3.8) is 0 Å². The molecule has 1 unspecified atom stereocenters. The summed E-state index contributed by atoms with van der Waals surface area (Å²) >= 11 is 3.50. The van der Waals surface area contributed by atoms with E-state index in [4.69, 9.17) is 4.74 Å². The molecule has 0 aromatic heterocycles. The Hall–Kier alpha value is -1.90. The lowest BCUT2D eigenvalue weighted by Gasteiger charge is -2.32. The Morgan fingerprint density at radius 2 is 2.00 bits per heavy atom. The molecule has 1 atom stereocenters. The molecule has 1 aliphatic rings. The van der Waals surface area contributed by atoms with Crippen LogP contribution in [-0.4, -0.2) is 44.9 Å². The van der Waals surface area contributed by atoms with Gasteiger partial charge in [-0.2, -0.15) is 4.31 Å². The molecular formula is C22H27BrN2O4S. The van der Waals surface area contributed by atoms with E-state index in [-0.39, 0.29) is 22.6 Å². The zero-order valence-electron chi connectivity index (χ0n) is 17.2. The topological polar surface area (TPSA) is 75.7 Å². The van der Waals surface area contributed by atoms with Crippen LogP contribution in [0.25, 0.3) is 0 Å². The maximum absolute atomic E-state index is 13.3. The molecule has 0 radical (unpaired) electrons. The lowest BCUT2D eigenvalue weighted by Crippen LogP contribution is -2.42. The highest BCUT2D eigenvalue weighted by molar-refractivity contribution is 9.10. The van der Waals surface area contributed by atoms with Crippen molar-refractivity contribution >= 4 is 31.9 Å². The first-order chi connectivity index (χ1) is 14.3. The molecule has 6 nitrogen and oxygen atoms in total. The number of rotatable bonds is 7. The summed E-state index contributed by atoms with van der Waals surface area (Å²) in [5.41, 5.74) is 1.39. The number of benzene rings is 2. The van der Waals surface area contributed by atoms with Crippen LogP contribution < -0.4 is 10.1 Å². The fourth-order valence-corrected chi connectivity index (χ4v) is 6.05. The van der Waals surface area contributed by atoms with Crippen molar-refractivity contribution in [1.29, 1.82) is 0 Å². The van der Waals surface area contributed by atoms with Crippen LogP contribution >= 0.6 is 15.9 Å². The minimum atomic E-state index is -3.76. The quantitative estimate of drug-likeness (QED) is 0.631. The molecule has 1 heterocycles. The Morgan fingerprint density at radius 3 is 2.70 bits per heavy atom. The van der Waals surface area contributed by atoms with Gasteiger partial charge in [-0.05, 0) is 56.0 Å². The van der Waals surface area contributed by atoms with Crippen LogP contribution in [0.5, 0.6) is 5.75 Å². The number of halogens is 1. The van der Waals surface area contributed by atoms with E-state index in [1.54, 1.807) is 12.1 Å². The van der Waals surface area contributed by atoms with Gasteiger partial charge in [0.25, 0.3) is 5.91 Å². The van der Waals surface area contributed by atoms with E-state index in [1.165, 1.54) is 17.5 Å². The predicted molar refractivity (Wildman–Crippen MR) is 120 cm³/mol. The molecule has 30 heavy (non-hydrogen) atoms. The van der Waals surface area contributed by atoms with Crippen molar-refractivity contribution in [2.45, 2.75) is 43.5 Å². The molecule has 0 bridgehead atoms. The van der Waals surface area contributed by atoms with Gasteiger partial charge < -0.3 is 10.1 Å². The van der Waals surface area contributed by atoms with Crippen LogP contribution in [-0.2, 0) is 16.4 Å². The van der Waals surface area contributed by atoms with E-state index in [0.29, 0.717) is 25.1 Å². The Kier molecular flexibility index (Phi) is 7.55. The zero-order chi connectivity index (χ0) is 21.7. The molecule has 0 spiro atoms. The van der Waals surface area contributed by atoms with Gasteiger partial charge in [-0.15, -0.1) is 0 Å². The number of hydrogen-bond donors (Lipinski definition) is 1. The van der Waals surface area contributed by atoms with Gasteiger partial charge in [-0.3, -0.25) is 4.79 Å². The molecule has 0 saturated carbocycles. The second kappa shape index (κ2) is 9.94. The van der Waals surface area contributed by atoms with Gasteiger partial charge >= 0.3 is 0 Å². The number of ether oxygens (including phenoxy) is 1. The van der Waals surface area contributed by atoms with Crippen LogP contribution in [0.1, 0.15) is 42.1 Å². The number of amides is 1. The summed E-state index contributed by atoms with van der Waals surface area (Å²) < 4.78 is 34.4. The molecule has 1 aliphatic heterocycles. The standard InChI is InChI=1S/C22H27BrN2O4S/c1-16-7-5-6-14-25(16)30(27,28)21-15-18(10-11-20(21)29-2)22(26)24-13-12-17-8-3-4-9-19(17)23/h3-4,8-11,15-16H,5-7,12-14H2,1-2H3,(H,24,26). The monoisotopic (exact) mass is 494 g/mol. The minimum Gasteiger partial charge on any atom is -0.495 e. The third-order valence-corrected chi connectivity index (χ3v) is 8.20. The number of methoxy groups -OCH3 is 1. The highest BCUT2D eigenvalue weighted by atomic mass is 79.9. The first kappa shape index (κ1) is 22.8. The fraction of sp³-hybridized carbons (Fsp3) is 0.409. The van der Waals surface area contributed by atoms with Crippen molar-refractivity contribution in [2.75, 3.05) is 20.2 Å².